The molecule has 2 aromatic rings. The number of nitrogens with one attached hydrogen (secondary N) is 1. The molecule has 0 radical (unpaired) electrons. The van der Waals surface area contributed by atoms with Gasteiger partial charge < -0.3 is 9.55 Å². The minimum Gasteiger partial charge on any atom is -0.329 e. The molecule has 0 amide bonds. The van der Waals surface area contributed by atoms with Crippen molar-refractivity contribution in [2.45, 2.75) is 30.7 Å². The average molecular weight is 345 g/mol. The first kappa shape index (κ1) is 16.6. The van der Waals surface area contributed by atoms with Gasteiger partial charge in [0.25, 0.3) is 0 Å². The van der Waals surface area contributed by atoms with Crippen LogP contribution in [-0.4, -0.2) is 36.2 Å². The summed E-state index contributed by atoms with van der Waals surface area (Å²) in [5.41, 5.74) is 1.49. The van der Waals surface area contributed by atoms with Crippen molar-refractivity contribution in [3.8, 4) is 0 Å². The van der Waals surface area contributed by atoms with Crippen molar-refractivity contribution in [2.75, 3.05) is 18.3 Å². The molecule has 21 heavy (non-hydrogen) atoms. The van der Waals surface area contributed by atoms with Gasteiger partial charge in [0.1, 0.15) is 0 Å². The molecule has 0 saturated heterocycles. The molecule has 1 aromatic heterocycles. The van der Waals surface area contributed by atoms with Gasteiger partial charge in [-0.25, -0.2) is 8.42 Å². The van der Waals surface area contributed by atoms with Gasteiger partial charge in [0.15, 0.2) is 14.6 Å². The van der Waals surface area contributed by atoms with E-state index in [2.05, 4.69) is 11.2 Å². The zero-order chi connectivity index (χ0) is 15.5. The van der Waals surface area contributed by atoms with Crippen LogP contribution in [0.15, 0.2) is 23.1 Å². The first-order valence-electron chi connectivity index (χ1n) is 6.85. The fourth-order valence-electron chi connectivity index (χ4n) is 2.38. The highest BCUT2D eigenvalue weighted by molar-refractivity contribution is 7.98. The standard InChI is InChI=1S/C14H20N2O2S3/c1-20-10-5-3-4-9-16-11-7-6-8-12(21(2,17)18)13(11)15-14(16)19/h6-8H,3-5,9-10H2,1-2H3,(H,15,19). The van der Waals surface area contributed by atoms with Crippen LogP contribution in [-0.2, 0) is 16.4 Å². The first-order chi connectivity index (χ1) is 9.95. The molecule has 116 valence electrons. The molecule has 1 heterocycles. The van der Waals surface area contributed by atoms with Gasteiger partial charge >= 0.3 is 0 Å². The van der Waals surface area contributed by atoms with E-state index >= 15 is 0 Å². The summed E-state index contributed by atoms with van der Waals surface area (Å²) < 4.78 is 26.3. The predicted molar refractivity (Wildman–Crippen MR) is 92.5 cm³/mol. The van der Waals surface area contributed by atoms with Crippen LogP contribution in [0.5, 0.6) is 0 Å². The largest absolute Gasteiger partial charge is 0.329 e. The Bertz CT molecular complexity index is 775. The fraction of sp³-hybridized carbons (Fsp3) is 0.500. The molecule has 1 aromatic carbocycles. The topological polar surface area (TPSA) is 54.9 Å². The molecule has 0 unspecified atom stereocenters. The Morgan fingerprint density at radius 2 is 2.05 bits per heavy atom. The minimum atomic E-state index is -3.26. The Hall–Kier alpha value is -0.790. The summed E-state index contributed by atoms with van der Waals surface area (Å²) in [5, 5.41) is 0. The van der Waals surface area contributed by atoms with Crippen LogP contribution >= 0.6 is 24.0 Å². The highest BCUT2D eigenvalue weighted by Crippen LogP contribution is 2.23. The summed E-state index contributed by atoms with van der Waals surface area (Å²) in [5.74, 6) is 1.18. The highest BCUT2D eigenvalue weighted by atomic mass is 32.2. The first-order valence-corrected chi connectivity index (χ1v) is 10.5. The molecular formula is C14H20N2O2S3. The quantitative estimate of drug-likeness (QED) is 0.615. The summed E-state index contributed by atoms with van der Waals surface area (Å²) in [6.45, 7) is 0.820. The van der Waals surface area contributed by atoms with Crippen LogP contribution in [0.2, 0.25) is 0 Å². The maximum atomic E-state index is 11.8. The summed E-state index contributed by atoms with van der Waals surface area (Å²) >= 11 is 7.20. The molecule has 0 spiro atoms. The van der Waals surface area contributed by atoms with Crippen LogP contribution < -0.4 is 0 Å². The van der Waals surface area contributed by atoms with E-state index in [1.54, 1.807) is 12.1 Å². The Balaban J connectivity index is 2.30. The Kier molecular flexibility index (Phi) is 5.51. The van der Waals surface area contributed by atoms with Crippen molar-refractivity contribution >= 4 is 44.9 Å². The number of aromatic amines is 1. The third-order valence-electron chi connectivity index (χ3n) is 3.40. The molecule has 0 atom stereocenters. The van der Waals surface area contributed by atoms with E-state index in [4.69, 9.17) is 12.2 Å². The second-order valence-corrected chi connectivity index (χ2v) is 8.41. The second kappa shape index (κ2) is 6.98. The van der Waals surface area contributed by atoms with Gasteiger partial charge in [-0.3, -0.25) is 0 Å². The molecule has 0 aliphatic carbocycles. The van der Waals surface area contributed by atoms with E-state index < -0.39 is 9.84 Å². The number of aromatic nitrogens is 2. The number of benzene rings is 1. The summed E-state index contributed by atoms with van der Waals surface area (Å²) in [6.07, 6.45) is 6.73. The van der Waals surface area contributed by atoms with E-state index in [9.17, 15) is 8.42 Å². The number of H-pyrrole nitrogens is 1. The van der Waals surface area contributed by atoms with Crippen LogP contribution in [0.1, 0.15) is 19.3 Å². The smallest absolute Gasteiger partial charge is 0.178 e. The molecule has 7 heteroatoms. The SMILES string of the molecule is CSCCCCCn1c(=S)[nH]c2c(S(C)(=O)=O)cccc21. The maximum Gasteiger partial charge on any atom is 0.178 e. The van der Waals surface area contributed by atoms with Gasteiger partial charge in [-0.1, -0.05) is 12.5 Å². The number of unbranched alkanes of at least 4 members (excludes halogenated alkanes) is 2. The van der Waals surface area contributed by atoms with Crippen molar-refractivity contribution in [1.82, 2.24) is 9.55 Å². The van der Waals surface area contributed by atoms with Gasteiger partial charge in [-0.2, -0.15) is 11.8 Å². The van der Waals surface area contributed by atoms with E-state index in [0.717, 1.165) is 24.9 Å². The van der Waals surface area contributed by atoms with Gasteiger partial charge in [0, 0.05) is 12.8 Å². The number of hydrogen-bond donors (Lipinski definition) is 1. The number of rotatable bonds is 7. The number of nitrogens with zero attached hydrogens (tertiary/aromatic N) is 1. The summed E-state index contributed by atoms with van der Waals surface area (Å²) in [7, 11) is -3.26. The molecule has 0 bridgehead atoms. The van der Waals surface area contributed by atoms with Crippen molar-refractivity contribution in [3.63, 3.8) is 0 Å². The predicted octanol–water partition coefficient (Wildman–Crippen LogP) is 3.64. The van der Waals surface area contributed by atoms with E-state index in [-0.39, 0.29) is 0 Å². The third-order valence-corrected chi connectivity index (χ3v) is 5.56. The zero-order valence-corrected chi connectivity index (χ0v) is 14.7. The molecule has 2 rings (SSSR count). The minimum absolute atomic E-state index is 0.312. The normalized spacial score (nSPS) is 12.1. The highest BCUT2D eigenvalue weighted by Gasteiger charge is 2.15. The Morgan fingerprint density at radius 1 is 1.29 bits per heavy atom. The number of hydrogen-bond acceptors (Lipinski definition) is 4. The number of aryl methyl sites for hydroxylation is 1. The lowest BCUT2D eigenvalue weighted by molar-refractivity contribution is 0.602. The zero-order valence-electron chi connectivity index (χ0n) is 12.3. The summed E-state index contributed by atoms with van der Waals surface area (Å²) in [4.78, 5) is 3.36. The molecular weight excluding hydrogens is 324 g/mol. The Labute approximate surface area is 134 Å². The Morgan fingerprint density at radius 3 is 2.71 bits per heavy atom. The van der Waals surface area contributed by atoms with Crippen LogP contribution in [0.4, 0.5) is 0 Å². The van der Waals surface area contributed by atoms with Crippen LogP contribution in [0.25, 0.3) is 11.0 Å². The van der Waals surface area contributed by atoms with Crippen molar-refractivity contribution in [2.24, 2.45) is 0 Å². The number of fused-ring (bicyclic) bond motifs is 1. The van der Waals surface area contributed by atoms with Gasteiger partial charge in [-0.05, 0) is 49.2 Å². The monoisotopic (exact) mass is 344 g/mol. The summed E-state index contributed by atoms with van der Waals surface area (Å²) in [6, 6.07) is 5.30. The molecule has 1 N–H and O–H groups in total. The third kappa shape index (κ3) is 3.90. The number of para-hydroxylation sites is 1. The molecule has 0 saturated carbocycles. The van der Waals surface area contributed by atoms with E-state index in [1.807, 2.05) is 22.4 Å². The lowest BCUT2D eigenvalue weighted by Gasteiger charge is -2.05. The maximum absolute atomic E-state index is 11.8. The van der Waals surface area contributed by atoms with E-state index in [1.165, 1.54) is 18.4 Å². The lowest BCUT2D eigenvalue weighted by atomic mass is 10.2. The van der Waals surface area contributed by atoms with Crippen LogP contribution in [0.3, 0.4) is 0 Å². The lowest BCUT2D eigenvalue weighted by Crippen LogP contribution is -2.00. The molecule has 0 aliphatic rings. The second-order valence-electron chi connectivity index (χ2n) is 5.06. The molecule has 4 nitrogen and oxygen atoms in total. The van der Waals surface area contributed by atoms with Crippen molar-refractivity contribution in [1.29, 1.82) is 0 Å². The van der Waals surface area contributed by atoms with Gasteiger partial charge in [-0.15, -0.1) is 0 Å². The van der Waals surface area contributed by atoms with Crippen LogP contribution in [0, 0.1) is 4.77 Å². The molecule has 0 fully saturated rings. The van der Waals surface area contributed by atoms with Crippen molar-refractivity contribution < 1.29 is 8.42 Å². The number of thioether (sulfide) groups is 1. The number of sulfone groups is 1. The van der Waals surface area contributed by atoms with Crippen molar-refractivity contribution in [3.05, 3.63) is 23.0 Å². The van der Waals surface area contributed by atoms with Gasteiger partial charge in [0.2, 0.25) is 0 Å². The average Bonchev–Trinajstić information content (AvgIpc) is 2.73. The molecule has 0 aliphatic heterocycles. The van der Waals surface area contributed by atoms with E-state index in [0.29, 0.717) is 15.2 Å². The fourth-order valence-corrected chi connectivity index (χ4v) is 4.01. The number of imidazole rings is 1. The van der Waals surface area contributed by atoms with Gasteiger partial charge in [0.05, 0.1) is 15.9 Å².